The number of esters is 1. The molecule has 3 rings (SSSR count). The summed E-state index contributed by atoms with van der Waals surface area (Å²) in [5, 5.41) is 0.707. The van der Waals surface area contributed by atoms with Crippen molar-refractivity contribution in [2.75, 3.05) is 7.11 Å². The Kier molecular flexibility index (Phi) is 3.75. The molecular weight excluding hydrogens is 334 g/mol. The van der Waals surface area contributed by atoms with E-state index in [1.807, 2.05) is 24.3 Å². The molecule has 4 nitrogen and oxygen atoms in total. The lowest BCUT2D eigenvalue weighted by Crippen LogP contribution is -2.00. The van der Waals surface area contributed by atoms with Crippen molar-refractivity contribution in [1.82, 2.24) is 4.98 Å². The summed E-state index contributed by atoms with van der Waals surface area (Å²) < 4.78 is 10.5. The molecule has 0 radical (unpaired) electrons. The molecule has 0 saturated heterocycles. The summed E-state index contributed by atoms with van der Waals surface area (Å²) in [5.74, 6) is 0.110. The fourth-order valence-corrected chi connectivity index (χ4v) is 2.59. The predicted octanol–water partition coefficient (Wildman–Crippen LogP) is 4.18. The van der Waals surface area contributed by atoms with Gasteiger partial charge in [-0.25, -0.2) is 9.78 Å². The van der Waals surface area contributed by atoms with Crippen molar-refractivity contribution in [2.45, 2.75) is 5.33 Å². The topological polar surface area (TPSA) is 52.3 Å². The van der Waals surface area contributed by atoms with Gasteiger partial charge in [-0.15, -0.1) is 0 Å². The maximum Gasteiger partial charge on any atom is 0.337 e. The van der Waals surface area contributed by atoms with Gasteiger partial charge in [-0.3, -0.25) is 0 Å². The van der Waals surface area contributed by atoms with Crippen LogP contribution in [0.3, 0.4) is 0 Å². The van der Waals surface area contributed by atoms with E-state index in [1.165, 1.54) is 7.11 Å². The van der Waals surface area contributed by atoms with E-state index in [0.29, 0.717) is 16.8 Å². The Morgan fingerprint density at radius 3 is 2.86 bits per heavy atom. The average Bonchev–Trinajstić information content (AvgIpc) is 2.98. The molecule has 0 spiro atoms. The number of carbonyl (C=O) groups is 1. The summed E-state index contributed by atoms with van der Waals surface area (Å²) in [6, 6.07) is 12.8. The molecule has 1 aromatic heterocycles. The van der Waals surface area contributed by atoms with Crippen LogP contribution in [0.15, 0.2) is 46.9 Å². The lowest BCUT2D eigenvalue weighted by atomic mass is 10.1. The monoisotopic (exact) mass is 345 g/mol. The predicted molar refractivity (Wildman–Crippen MR) is 83.4 cm³/mol. The van der Waals surface area contributed by atoms with Gasteiger partial charge in [0.05, 0.1) is 12.7 Å². The summed E-state index contributed by atoms with van der Waals surface area (Å²) >= 11 is 3.44. The highest BCUT2D eigenvalue weighted by Crippen LogP contribution is 2.27. The van der Waals surface area contributed by atoms with E-state index in [0.717, 1.165) is 22.2 Å². The number of benzene rings is 2. The van der Waals surface area contributed by atoms with Crippen molar-refractivity contribution in [2.24, 2.45) is 0 Å². The van der Waals surface area contributed by atoms with Gasteiger partial charge in [-0.05, 0) is 29.8 Å². The Morgan fingerprint density at radius 1 is 1.29 bits per heavy atom. The van der Waals surface area contributed by atoms with Crippen molar-refractivity contribution < 1.29 is 13.9 Å². The molecule has 0 unspecified atom stereocenters. The van der Waals surface area contributed by atoms with Gasteiger partial charge in [0.15, 0.2) is 5.58 Å². The Bertz CT molecular complexity index is 810. The number of nitrogens with zero attached hydrogens (tertiary/aromatic N) is 1. The normalized spacial score (nSPS) is 10.8. The molecule has 0 bridgehead atoms. The zero-order chi connectivity index (χ0) is 14.8. The first-order valence-corrected chi connectivity index (χ1v) is 7.48. The number of hydrogen-bond donors (Lipinski definition) is 0. The number of ether oxygens (including phenoxy) is 1. The van der Waals surface area contributed by atoms with Crippen molar-refractivity contribution >= 4 is 33.0 Å². The largest absolute Gasteiger partial charge is 0.465 e. The second kappa shape index (κ2) is 5.69. The van der Waals surface area contributed by atoms with Crippen LogP contribution in [0.2, 0.25) is 0 Å². The molecule has 3 aromatic rings. The second-order valence-electron chi connectivity index (χ2n) is 4.49. The molecule has 0 aliphatic carbocycles. The number of hydrogen-bond acceptors (Lipinski definition) is 4. The lowest BCUT2D eigenvalue weighted by Gasteiger charge is -2.00. The number of methoxy groups -OCH3 is 1. The molecule has 0 saturated carbocycles. The second-order valence-corrected chi connectivity index (χ2v) is 5.05. The van der Waals surface area contributed by atoms with Crippen LogP contribution < -0.4 is 0 Å². The van der Waals surface area contributed by atoms with E-state index in [-0.39, 0.29) is 5.97 Å². The summed E-state index contributed by atoms with van der Waals surface area (Å²) in [6.07, 6.45) is 0. The van der Waals surface area contributed by atoms with Gasteiger partial charge in [-0.2, -0.15) is 0 Å². The van der Waals surface area contributed by atoms with Gasteiger partial charge >= 0.3 is 5.97 Å². The molecule has 0 aliphatic heterocycles. The Balaban J connectivity index is 2.10. The number of halogens is 1. The van der Waals surface area contributed by atoms with E-state index < -0.39 is 0 Å². The van der Waals surface area contributed by atoms with Crippen molar-refractivity contribution in [3.8, 4) is 11.5 Å². The molecular formula is C16H12BrNO3. The van der Waals surface area contributed by atoms with E-state index in [9.17, 15) is 4.79 Å². The van der Waals surface area contributed by atoms with E-state index in [2.05, 4.69) is 20.9 Å². The fraction of sp³-hybridized carbons (Fsp3) is 0.125. The van der Waals surface area contributed by atoms with Crippen LogP contribution in [0.1, 0.15) is 15.9 Å². The summed E-state index contributed by atoms with van der Waals surface area (Å²) in [5.41, 5.74) is 3.83. The van der Waals surface area contributed by atoms with Crippen LogP contribution in [0, 0.1) is 0 Å². The highest BCUT2D eigenvalue weighted by Gasteiger charge is 2.13. The van der Waals surface area contributed by atoms with E-state index in [1.54, 1.807) is 18.2 Å². The fourth-order valence-electron chi connectivity index (χ4n) is 2.13. The minimum atomic E-state index is -0.380. The highest BCUT2D eigenvalue weighted by molar-refractivity contribution is 9.08. The van der Waals surface area contributed by atoms with Crippen molar-refractivity contribution in [1.29, 1.82) is 0 Å². The number of carbonyl (C=O) groups excluding carboxylic acids is 1. The number of oxazole rings is 1. The molecule has 0 aliphatic rings. The quantitative estimate of drug-likeness (QED) is 0.527. The van der Waals surface area contributed by atoms with Crippen LogP contribution in [0.5, 0.6) is 0 Å². The molecule has 1 heterocycles. The standard InChI is InChI=1S/C16H12BrNO3/c1-20-16(19)11-5-2-4-10(8-11)15-18-14-12(9-17)6-3-7-13(14)21-15/h2-8H,9H2,1H3. The molecule has 0 fully saturated rings. The van der Waals surface area contributed by atoms with Gasteiger partial charge in [0, 0.05) is 10.9 Å². The van der Waals surface area contributed by atoms with Crippen LogP contribution in [-0.4, -0.2) is 18.1 Å². The minimum Gasteiger partial charge on any atom is -0.465 e. The van der Waals surface area contributed by atoms with Crippen molar-refractivity contribution in [3.05, 3.63) is 53.6 Å². The number of fused-ring (bicyclic) bond motifs is 1. The number of para-hydroxylation sites is 1. The Hall–Kier alpha value is -2.14. The Morgan fingerprint density at radius 2 is 2.10 bits per heavy atom. The first kappa shape index (κ1) is 13.8. The van der Waals surface area contributed by atoms with E-state index in [4.69, 9.17) is 9.15 Å². The minimum absolute atomic E-state index is 0.380. The molecule has 2 aromatic carbocycles. The maximum absolute atomic E-state index is 11.6. The van der Waals surface area contributed by atoms with E-state index >= 15 is 0 Å². The van der Waals surface area contributed by atoms with Crippen LogP contribution in [0.4, 0.5) is 0 Å². The Labute approximate surface area is 129 Å². The summed E-state index contributed by atoms with van der Waals surface area (Å²) in [4.78, 5) is 16.1. The zero-order valence-electron chi connectivity index (χ0n) is 11.3. The number of alkyl halides is 1. The molecule has 106 valence electrons. The first-order valence-electron chi connectivity index (χ1n) is 6.36. The first-order chi connectivity index (χ1) is 10.2. The lowest BCUT2D eigenvalue weighted by molar-refractivity contribution is 0.0601. The number of aromatic nitrogens is 1. The molecule has 21 heavy (non-hydrogen) atoms. The molecule has 0 atom stereocenters. The summed E-state index contributed by atoms with van der Waals surface area (Å²) in [7, 11) is 1.36. The molecule has 0 amide bonds. The molecule has 0 N–H and O–H groups in total. The zero-order valence-corrected chi connectivity index (χ0v) is 12.9. The van der Waals surface area contributed by atoms with Gasteiger partial charge in [-0.1, -0.05) is 34.1 Å². The van der Waals surface area contributed by atoms with Gasteiger partial charge in [0.25, 0.3) is 0 Å². The SMILES string of the molecule is COC(=O)c1cccc(-c2nc3c(CBr)cccc3o2)c1. The number of rotatable bonds is 3. The van der Waals surface area contributed by atoms with Gasteiger partial charge < -0.3 is 9.15 Å². The highest BCUT2D eigenvalue weighted by atomic mass is 79.9. The van der Waals surface area contributed by atoms with Crippen LogP contribution >= 0.6 is 15.9 Å². The van der Waals surface area contributed by atoms with Gasteiger partial charge in [0.2, 0.25) is 5.89 Å². The third kappa shape index (κ3) is 2.56. The van der Waals surface area contributed by atoms with Crippen molar-refractivity contribution in [3.63, 3.8) is 0 Å². The maximum atomic E-state index is 11.6. The molecule has 5 heteroatoms. The van der Waals surface area contributed by atoms with Gasteiger partial charge in [0.1, 0.15) is 5.52 Å². The third-order valence-corrected chi connectivity index (χ3v) is 3.78. The smallest absolute Gasteiger partial charge is 0.337 e. The van der Waals surface area contributed by atoms with Crippen LogP contribution in [0.25, 0.3) is 22.6 Å². The van der Waals surface area contributed by atoms with Crippen LogP contribution in [-0.2, 0) is 10.1 Å². The average molecular weight is 346 g/mol. The summed E-state index contributed by atoms with van der Waals surface area (Å²) in [6.45, 7) is 0. The third-order valence-electron chi connectivity index (χ3n) is 3.18.